The molecule has 12 heavy (non-hydrogen) atoms. The Morgan fingerprint density at radius 1 is 1.17 bits per heavy atom. The van der Waals surface area contributed by atoms with Gasteiger partial charge < -0.3 is 0 Å². The Kier molecular flexibility index (Phi) is 1.52. The maximum atomic E-state index is 2.84. The van der Waals surface area contributed by atoms with Crippen LogP contribution in [-0.2, 0) is 0 Å². The lowest BCUT2D eigenvalue weighted by Gasteiger charge is -2.26. The molecule has 0 radical (unpaired) electrons. The van der Waals surface area contributed by atoms with E-state index in [0.717, 1.165) is 23.9 Å². The standard InChI is InChI=1S/C11H19N/c1-8-4-5-9-7-10-3-2-6-12(10)11(8)9/h8-11H,2-7H2,1H3/t8-,9-,10-,11+/m1/s1. The molecule has 1 nitrogen and oxygen atoms in total. The highest BCUT2D eigenvalue weighted by atomic mass is 15.2. The van der Waals surface area contributed by atoms with Crippen molar-refractivity contribution in [3.05, 3.63) is 0 Å². The molecule has 1 saturated carbocycles. The Labute approximate surface area is 75.1 Å². The van der Waals surface area contributed by atoms with Gasteiger partial charge in [-0.2, -0.15) is 0 Å². The van der Waals surface area contributed by atoms with Gasteiger partial charge in [-0.05, 0) is 50.5 Å². The fourth-order valence-electron chi connectivity index (χ4n) is 3.99. The van der Waals surface area contributed by atoms with Gasteiger partial charge in [-0.3, -0.25) is 4.90 Å². The van der Waals surface area contributed by atoms with Gasteiger partial charge in [0.05, 0.1) is 0 Å². The summed E-state index contributed by atoms with van der Waals surface area (Å²) in [6.07, 6.45) is 7.53. The van der Waals surface area contributed by atoms with Crippen LogP contribution in [0.25, 0.3) is 0 Å². The van der Waals surface area contributed by atoms with Crippen molar-refractivity contribution in [2.45, 2.75) is 51.1 Å². The summed E-state index contributed by atoms with van der Waals surface area (Å²) >= 11 is 0. The molecule has 3 rings (SSSR count). The quantitative estimate of drug-likeness (QED) is 0.532. The lowest BCUT2D eigenvalue weighted by Crippen LogP contribution is -2.35. The Bertz CT molecular complexity index is 189. The van der Waals surface area contributed by atoms with E-state index in [1.165, 1.54) is 38.6 Å². The minimum atomic E-state index is 0.998. The summed E-state index contributed by atoms with van der Waals surface area (Å²) in [6.45, 7) is 3.88. The van der Waals surface area contributed by atoms with Gasteiger partial charge in [0.15, 0.2) is 0 Å². The second-order valence-electron chi connectivity index (χ2n) is 5.07. The van der Waals surface area contributed by atoms with Crippen LogP contribution in [0.15, 0.2) is 0 Å². The van der Waals surface area contributed by atoms with Crippen LogP contribution in [0.4, 0.5) is 0 Å². The molecule has 68 valence electrons. The molecule has 1 heteroatoms. The summed E-state index contributed by atoms with van der Waals surface area (Å²) in [6, 6.07) is 2.00. The average Bonchev–Trinajstić information content (AvgIpc) is 2.61. The van der Waals surface area contributed by atoms with Gasteiger partial charge in [-0.15, -0.1) is 0 Å². The first kappa shape index (κ1) is 7.37. The van der Waals surface area contributed by atoms with Gasteiger partial charge in [-0.25, -0.2) is 0 Å². The van der Waals surface area contributed by atoms with E-state index in [9.17, 15) is 0 Å². The topological polar surface area (TPSA) is 3.24 Å². The molecule has 0 aromatic carbocycles. The van der Waals surface area contributed by atoms with Gasteiger partial charge in [0.2, 0.25) is 0 Å². The fraction of sp³-hybridized carbons (Fsp3) is 1.00. The van der Waals surface area contributed by atoms with Crippen LogP contribution in [0.5, 0.6) is 0 Å². The summed E-state index contributed by atoms with van der Waals surface area (Å²) in [5.74, 6) is 2.09. The van der Waals surface area contributed by atoms with Gasteiger partial charge >= 0.3 is 0 Å². The van der Waals surface area contributed by atoms with Gasteiger partial charge in [0.1, 0.15) is 0 Å². The zero-order valence-corrected chi connectivity index (χ0v) is 8.00. The number of hydrogen-bond acceptors (Lipinski definition) is 1. The van der Waals surface area contributed by atoms with E-state index < -0.39 is 0 Å². The molecule has 0 N–H and O–H groups in total. The predicted octanol–water partition coefficient (Wildman–Crippen LogP) is 2.27. The van der Waals surface area contributed by atoms with E-state index in [-0.39, 0.29) is 0 Å². The molecule has 0 unspecified atom stereocenters. The smallest absolute Gasteiger partial charge is 0.0153 e. The largest absolute Gasteiger partial charge is 0.297 e. The molecule has 1 aliphatic carbocycles. The monoisotopic (exact) mass is 165 g/mol. The van der Waals surface area contributed by atoms with Crippen LogP contribution in [0, 0.1) is 11.8 Å². The summed E-state index contributed by atoms with van der Waals surface area (Å²) in [4.78, 5) is 2.84. The molecule has 0 spiro atoms. The molecule has 4 atom stereocenters. The first-order chi connectivity index (χ1) is 5.86. The number of fused-ring (bicyclic) bond motifs is 3. The average molecular weight is 165 g/mol. The molecule has 2 saturated heterocycles. The van der Waals surface area contributed by atoms with Crippen molar-refractivity contribution in [1.29, 1.82) is 0 Å². The first-order valence-electron chi connectivity index (χ1n) is 5.62. The highest BCUT2D eigenvalue weighted by Gasteiger charge is 2.48. The first-order valence-corrected chi connectivity index (χ1v) is 5.62. The third kappa shape index (κ3) is 0.834. The molecular weight excluding hydrogens is 146 g/mol. The Hall–Kier alpha value is -0.0400. The molecule has 0 aromatic heterocycles. The highest BCUT2D eigenvalue weighted by molar-refractivity contribution is 5.02. The second kappa shape index (κ2) is 2.47. The zero-order chi connectivity index (χ0) is 8.13. The molecule has 0 aromatic rings. The number of nitrogens with zero attached hydrogens (tertiary/aromatic N) is 1. The zero-order valence-electron chi connectivity index (χ0n) is 8.00. The minimum absolute atomic E-state index is 0.998. The van der Waals surface area contributed by atoms with Crippen LogP contribution in [0.2, 0.25) is 0 Å². The highest BCUT2D eigenvalue weighted by Crippen LogP contribution is 2.47. The normalized spacial score (nSPS) is 52.8. The van der Waals surface area contributed by atoms with Crippen molar-refractivity contribution in [3.8, 4) is 0 Å². The van der Waals surface area contributed by atoms with Crippen molar-refractivity contribution in [2.75, 3.05) is 6.54 Å². The summed E-state index contributed by atoms with van der Waals surface area (Å²) in [5, 5.41) is 0. The Morgan fingerprint density at radius 2 is 2.08 bits per heavy atom. The summed E-state index contributed by atoms with van der Waals surface area (Å²) in [7, 11) is 0. The van der Waals surface area contributed by atoms with Crippen molar-refractivity contribution in [1.82, 2.24) is 4.90 Å². The number of hydrogen-bond donors (Lipinski definition) is 0. The minimum Gasteiger partial charge on any atom is -0.297 e. The number of rotatable bonds is 0. The molecule has 2 aliphatic heterocycles. The molecule has 3 aliphatic rings. The van der Waals surface area contributed by atoms with E-state index in [1.807, 2.05) is 0 Å². The molecular formula is C11H19N. The maximum Gasteiger partial charge on any atom is 0.0153 e. The summed E-state index contributed by atoms with van der Waals surface area (Å²) in [5.41, 5.74) is 0. The van der Waals surface area contributed by atoms with Crippen molar-refractivity contribution in [2.24, 2.45) is 11.8 Å². The van der Waals surface area contributed by atoms with E-state index in [4.69, 9.17) is 0 Å². The lowest BCUT2D eigenvalue weighted by molar-refractivity contribution is 0.198. The van der Waals surface area contributed by atoms with Crippen LogP contribution in [0.1, 0.15) is 39.0 Å². The van der Waals surface area contributed by atoms with Crippen molar-refractivity contribution < 1.29 is 0 Å². The SMILES string of the molecule is C[C@@H]1CC[C@@H]2C[C@H]3CCCN3[C@H]21. The molecule has 2 heterocycles. The molecule has 3 fully saturated rings. The fourth-order valence-corrected chi connectivity index (χ4v) is 3.99. The lowest BCUT2D eigenvalue weighted by atomic mass is 9.98. The van der Waals surface area contributed by atoms with E-state index in [2.05, 4.69) is 11.8 Å². The van der Waals surface area contributed by atoms with Crippen molar-refractivity contribution >= 4 is 0 Å². The van der Waals surface area contributed by atoms with E-state index in [1.54, 1.807) is 0 Å². The van der Waals surface area contributed by atoms with Gasteiger partial charge in [-0.1, -0.05) is 6.92 Å². The predicted molar refractivity (Wildman–Crippen MR) is 50.0 cm³/mol. The van der Waals surface area contributed by atoms with Crippen LogP contribution in [-0.4, -0.2) is 23.5 Å². The Balaban J connectivity index is 1.85. The van der Waals surface area contributed by atoms with E-state index >= 15 is 0 Å². The Morgan fingerprint density at radius 3 is 3.00 bits per heavy atom. The summed E-state index contributed by atoms with van der Waals surface area (Å²) < 4.78 is 0. The van der Waals surface area contributed by atoms with Crippen molar-refractivity contribution in [3.63, 3.8) is 0 Å². The van der Waals surface area contributed by atoms with Crippen LogP contribution >= 0.6 is 0 Å². The third-order valence-corrected chi connectivity index (χ3v) is 4.44. The maximum absolute atomic E-state index is 2.84. The van der Waals surface area contributed by atoms with E-state index in [0.29, 0.717) is 0 Å². The van der Waals surface area contributed by atoms with Crippen LogP contribution < -0.4 is 0 Å². The van der Waals surface area contributed by atoms with Gasteiger partial charge in [0.25, 0.3) is 0 Å². The second-order valence-corrected chi connectivity index (χ2v) is 5.07. The van der Waals surface area contributed by atoms with Crippen LogP contribution in [0.3, 0.4) is 0 Å². The molecule has 0 amide bonds. The molecule has 0 bridgehead atoms. The van der Waals surface area contributed by atoms with Gasteiger partial charge in [0, 0.05) is 12.1 Å². The third-order valence-electron chi connectivity index (χ3n) is 4.44.